The van der Waals surface area contributed by atoms with Gasteiger partial charge in [-0.2, -0.15) is 0 Å². The van der Waals surface area contributed by atoms with Gasteiger partial charge in [0.1, 0.15) is 0 Å². The van der Waals surface area contributed by atoms with Gasteiger partial charge in [-0.3, -0.25) is 9.10 Å². The van der Waals surface area contributed by atoms with Gasteiger partial charge in [-0.05, 0) is 36.2 Å². The molecule has 1 amide bonds. The minimum absolute atomic E-state index is 0.0154. The molecule has 2 rings (SSSR count). The summed E-state index contributed by atoms with van der Waals surface area (Å²) >= 11 is 5.86. The number of sulfonamides is 1. The third kappa shape index (κ3) is 6.04. The molecule has 0 spiro atoms. The molecule has 0 aliphatic heterocycles. The SMILES string of the molecule is CN(Cc1ccccc1)C(=O)CCCN(c1ccc(Cl)cc1)S(C)(=O)=O. The highest BCUT2D eigenvalue weighted by atomic mass is 35.5. The Morgan fingerprint density at radius 3 is 2.23 bits per heavy atom. The fraction of sp³-hybridized carbons (Fsp3) is 0.316. The Morgan fingerprint density at radius 2 is 1.65 bits per heavy atom. The second kappa shape index (κ2) is 9.05. The van der Waals surface area contributed by atoms with Crippen molar-refractivity contribution in [3.05, 3.63) is 65.2 Å². The zero-order valence-corrected chi connectivity index (χ0v) is 16.5. The summed E-state index contributed by atoms with van der Waals surface area (Å²) in [4.78, 5) is 14.0. The van der Waals surface area contributed by atoms with Crippen LogP contribution in [0.2, 0.25) is 5.02 Å². The van der Waals surface area contributed by atoms with Crippen molar-refractivity contribution >= 4 is 33.2 Å². The van der Waals surface area contributed by atoms with E-state index in [9.17, 15) is 13.2 Å². The van der Waals surface area contributed by atoms with Crippen molar-refractivity contribution in [3.8, 4) is 0 Å². The summed E-state index contributed by atoms with van der Waals surface area (Å²) in [6.07, 6.45) is 1.88. The first-order valence-electron chi connectivity index (χ1n) is 8.28. The Balaban J connectivity index is 1.92. The van der Waals surface area contributed by atoms with Crippen molar-refractivity contribution < 1.29 is 13.2 Å². The first kappa shape index (κ1) is 20.3. The molecule has 0 saturated heterocycles. The molecular weight excluding hydrogens is 372 g/mol. The summed E-state index contributed by atoms with van der Waals surface area (Å²) < 4.78 is 25.4. The van der Waals surface area contributed by atoms with E-state index in [1.807, 2.05) is 30.3 Å². The summed E-state index contributed by atoms with van der Waals surface area (Å²) in [7, 11) is -1.68. The van der Waals surface area contributed by atoms with Crippen LogP contribution >= 0.6 is 11.6 Å². The number of halogens is 1. The van der Waals surface area contributed by atoms with Crippen LogP contribution in [0.25, 0.3) is 0 Å². The van der Waals surface area contributed by atoms with Crippen molar-refractivity contribution in [1.82, 2.24) is 4.90 Å². The number of amides is 1. The predicted molar refractivity (Wildman–Crippen MR) is 106 cm³/mol. The van der Waals surface area contributed by atoms with Crippen molar-refractivity contribution in [3.63, 3.8) is 0 Å². The van der Waals surface area contributed by atoms with Crippen LogP contribution in [0.4, 0.5) is 5.69 Å². The molecule has 0 aliphatic carbocycles. The number of carbonyl (C=O) groups excluding carboxylic acids is 1. The molecule has 2 aromatic carbocycles. The van der Waals surface area contributed by atoms with Crippen LogP contribution in [-0.4, -0.2) is 39.1 Å². The molecule has 0 heterocycles. The lowest BCUT2D eigenvalue weighted by Crippen LogP contribution is -2.32. The highest BCUT2D eigenvalue weighted by molar-refractivity contribution is 7.92. The average Bonchev–Trinajstić information content (AvgIpc) is 2.59. The fourth-order valence-corrected chi connectivity index (χ4v) is 3.70. The van der Waals surface area contributed by atoms with E-state index in [-0.39, 0.29) is 18.9 Å². The van der Waals surface area contributed by atoms with E-state index in [0.717, 1.165) is 11.8 Å². The molecule has 0 fully saturated rings. The van der Waals surface area contributed by atoms with E-state index in [1.54, 1.807) is 36.2 Å². The second-order valence-corrected chi connectivity index (χ2v) is 8.49. The number of benzene rings is 2. The Kier molecular flexibility index (Phi) is 7.06. The molecule has 0 saturated carbocycles. The van der Waals surface area contributed by atoms with E-state index in [4.69, 9.17) is 11.6 Å². The van der Waals surface area contributed by atoms with Crippen LogP contribution in [0.1, 0.15) is 18.4 Å². The van der Waals surface area contributed by atoms with E-state index in [1.165, 1.54) is 4.31 Å². The van der Waals surface area contributed by atoms with Crippen LogP contribution < -0.4 is 4.31 Å². The Morgan fingerprint density at radius 1 is 1.04 bits per heavy atom. The quantitative estimate of drug-likeness (QED) is 0.688. The summed E-state index contributed by atoms with van der Waals surface area (Å²) in [5.74, 6) is -0.0154. The van der Waals surface area contributed by atoms with Crippen molar-refractivity contribution in [2.45, 2.75) is 19.4 Å². The van der Waals surface area contributed by atoms with Gasteiger partial charge in [-0.25, -0.2) is 8.42 Å². The molecule has 0 aliphatic rings. The van der Waals surface area contributed by atoms with Gasteiger partial charge in [-0.15, -0.1) is 0 Å². The number of anilines is 1. The fourth-order valence-electron chi connectivity index (χ4n) is 2.60. The van der Waals surface area contributed by atoms with Crippen molar-refractivity contribution in [2.24, 2.45) is 0 Å². The number of hydrogen-bond acceptors (Lipinski definition) is 3. The van der Waals surface area contributed by atoms with Gasteiger partial charge in [0.05, 0.1) is 11.9 Å². The van der Waals surface area contributed by atoms with E-state index < -0.39 is 10.0 Å². The van der Waals surface area contributed by atoms with Crippen molar-refractivity contribution in [2.75, 3.05) is 24.2 Å². The number of hydrogen-bond donors (Lipinski definition) is 0. The lowest BCUT2D eigenvalue weighted by molar-refractivity contribution is -0.130. The van der Waals surface area contributed by atoms with Crippen LogP contribution in [-0.2, 0) is 21.4 Å². The van der Waals surface area contributed by atoms with Crippen LogP contribution in [0, 0.1) is 0 Å². The molecule has 0 unspecified atom stereocenters. The monoisotopic (exact) mass is 394 g/mol. The summed E-state index contributed by atoms with van der Waals surface area (Å²) in [5.41, 5.74) is 1.60. The van der Waals surface area contributed by atoms with Crippen LogP contribution in [0.3, 0.4) is 0 Å². The molecule has 2 aromatic rings. The van der Waals surface area contributed by atoms with Gasteiger partial charge in [0, 0.05) is 31.6 Å². The molecule has 26 heavy (non-hydrogen) atoms. The molecule has 0 N–H and O–H groups in total. The standard InChI is InChI=1S/C19H23ClN2O3S/c1-21(15-16-7-4-3-5-8-16)19(23)9-6-14-22(26(2,24)25)18-12-10-17(20)11-13-18/h3-5,7-8,10-13H,6,9,14-15H2,1-2H3. The Bertz CT molecular complexity index is 824. The van der Waals surface area contributed by atoms with Gasteiger partial charge < -0.3 is 4.90 Å². The van der Waals surface area contributed by atoms with Crippen molar-refractivity contribution in [1.29, 1.82) is 0 Å². The Labute approximate surface area is 160 Å². The molecule has 140 valence electrons. The van der Waals surface area contributed by atoms with Gasteiger partial charge in [0.2, 0.25) is 15.9 Å². The minimum Gasteiger partial charge on any atom is -0.341 e. The summed E-state index contributed by atoms with van der Waals surface area (Å²) in [6, 6.07) is 16.3. The van der Waals surface area contributed by atoms with Crippen LogP contribution in [0.5, 0.6) is 0 Å². The lowest BCUT2D eigenvalue weighted by Gasteiger charge is -2.23. The predicted octanol–water partition coefficient (Wildman–Crippen LogP) is 3.54. The Hall–Kier alpha value is -2.05. The van der Waals surface area contributed by atoms with Crippen LogP contribution in [0.15, 0.2) is 54.6 Å². The maximum Gasteiger partial charge on any atom is 0.232 e. The third-order valence-corrected chi connectivity index (χ3v) is 5.40. The first-order chi connectivity index (χ1) is 12.3. The van der Waals surface area contributed by atoms with E-state index in [2.05, 4.69) is 0 Å². The van der Waals surface area contributed by atoms with Gasteiger partial charge in [0.25, 0.3) is 0 Å². The summed E-state index contributed by atoms with van der Waals surface area (Å²) in [5, 5.41) is 0.542. The molecule has 0 radical (unpaired) electrons. The first-order valence-corrected chi connectivity index (χ1v) is 10.5. The lowest BCUT2D eigenvalue weighted by atomic mass is 10.2. The topological polar surface area (TPSA) is 57.7 Å². The molecular formula is C19H23ClN2O3S. The normalized spacial score (nSPS) is 11.2. The third-order valence-electron chi connectivity index (χ3n) is 3.96. The zero-order valence-electron chi connectivity index (χ0n) is 14.9. The molecule has 0 atom stereocenters. The maximum absolute atomic E-state index is 12.3. The highest BCUT2D eigenvalue weighted by Crippen LogP contribution is 2.21. The second-order valence-electron chi connectivity index (χ2n) is 6.15. The summed E-state index contributed by atoms with van der Waals surface area (Å²) in [6.45, 7) is 0.776. The maximum atomic E-state index is 12.3. The van der Waals surface area contributed by atoms with Gasteiger partial charge in [0.15, 0.2) is 0 Å². The van der Waals surface area contributed by atoms with Gasteiger partial charge in [-0.1, -0.05) is 41.9 Å². The van der Waals surface area contributed by atoms with E-state index in [0.29, 0.717) is 23.7 Å². The molecule has 0 aromatic heterocycles. The molecule has 0 bridgehead atoms. The average molecular weight is 395 g/mol. The molecule has 5 nitrogen and oxygen atoms in total. The van der Waals surface area contributed by atoms with Gasteiger partial charge >= 0.3 is 0 Å². The number of nitrogens with zero attached hydrogens (tertiary/aromatic N) is 2. The number of rotatable bonds is 8. The largest absolute Gasteiger partial charge is 0.341 e. The highest BCUT2D eigenvalue weighted by Gasteiger charge is 2.18. The zero-order chi connectivity index (χ0) is 19.2. The number of carbonyl (C=O) groups is 1. The molecule has 7 heteroatoms. The smallest absolute Gasteiger partial charge is 0.232 e. The minimum atomic E-state index is -3.43. The van der Waals surface area contributed by atoms with E-state index >= 15 is 0 Å².